The van der Waals surface area contributed by atoms with Gasteiger partial charge in [0, 0.05) is 6.54 Å². The topological polar surface area (TPSA) is 90.2 Å². The molecule has 1 heterocycles. The molecule has 0 aliphatic carbocycles. The molecule has 2 aromatic rings. The van der Waals surface area contributed by atoms with Crippen LogP contribution in [0, 0.1) is 0 Å². The van der Waals surface area contributed by atoms with E-state index in [0.717, 1.165) is 11.6 Å². The predicted molar refractivity (Wildman–Crippen MR) is 111 cm³/mol. The third-order valence-electron chi connectivity index (χ3n) is 3.97. The maximum absolute atomic E-state index is 12.6. The van der Waals surface area contributed by atoms with Crippen LogP contribution in [-0.4, -0.2) is 38.7 Å². The number of phenols is 1. The lowest BCUT2D eigenvalue weighted by molar-refractivity contribution is -0.122. The van der Waals surface area contributed by atoms with E-state index in [4.69, 9.17) is 0 Å². The molecular weight excluding hydrogens is 376 g/mol. The number of phenolic OH excluding ortho intramolecular Hbond substituents is 1. The molecular formula is C21H18N2O4S. The number of hydrogen-bond acceptors (Lipinski definition) is 5. The fourth-order valence-electron chi connectivity index (χ4n) is 2.59. The lowest BCUT2D eigenvalue weighted by Gasteiger charge is -2.12. The van der Waals surface area contributed by atoms with Crippen LogP contribution >= 0.6 is 11.8 Å². The molecule has 0 radical (unpaired) electrons. The minimum Gasteiger partial charge on any atom is -0.508 e. The first-order valence-corrected chi connectivity index (χ1v) is 9.39. The highest BCUT2D eigenvalue weighted by Gasteiger charge is 2.32. The summed E-state index contributed by atoms with van der Waals surface area (Å²) < 4.78 is 0. The normalized spacial score (nSPS) is 17.2. The van der Waals surface area contributed by atoms with Gasteiger partial charge in [0.2, 0.25) is 0 Å². The summed E-state index contributed by atoms with van der Waals surface area (Å²) in [7, 11) is 0. The van der Waals surface area contributed by atoms with E-state index in [1.54, 1.807) is 12.2 Å². The van der Waals surface area contributed by atoms with Gasteiger partial charge in [0.25, 0.3) is 5.91 Å². The molecule has 1 amide bonds. The van der Waals surface area contributed by atoms with Crippen molar-refractivity contribution in [3.05, 3.63) is 76.7 Å². The first-order chi connectivity index (χ1) is 13.5. The average molecular weight is 394 g/mol. The zero-order chi connectivity index (χ0) is 20.1. The number of benzene rings is 2. The zero-order valence-corrected chi connectivity index (χ0v) is 15.9. The van der Waals surface area contributed by atoms with Crippen molar-refractivity contribution in [3.63, 3.8) is 0 Å². The number of amides is 1. The fourth-order valence-corrected chi connectivity index (χ4v) is 3.60. The molecule has 1 aliphatic rings. The van der Waals surface area contributed by atoms with Crippen molar-refractivity contribution in [3.8, 4) is 5.75 Å². The van der Waals surface area contributed by atoms with Crippen molar-refractivity contribution >= 4 is 40.6 Å². The minimum atomic E-state index is -1.20. The van der Waals surface area contributed by atoms with Gasteiger partial charge < -0.3 is 10.2 Å². The van der Waals surface area contributed by atoms with Crippen LogP contribution in [0.5, 0.6) is 5.75 Å². The van der Waals surface area contributed by atoms with Crippen molar-refractivity contribution in [1.29, 1.82) is 0 Å². The monoisotopic (exact) mass is 394 g/mol. The molecule has 142 valence electrons. The molecule has 0 unspecified atom stereocenters. The van der Waals surface area contributed by atoms with E-state index in [-0.39, 0.29) is 22.9 Å². The second-order valence-electron chi connectivity index (χ2n) is 5.85. The summed E-state index contributed by atoms with van der Waals surface area (Å²) in [5.74, 6) is -1.54. The summed E-state index contributed by atoms with van der Waals surface area (Å²) in [5, 5.41) is 19.3. The average Bonchev–Trinajstić information content (AvgIpc) is 2.98. The first kappa shape index (κ1) is 19.4. The quantitative estimate of drug-likeness (QED) is 0.739. The third-order valence-corrected chi connectivity index (χ3v) is 4.99. The molecule has 2 N–H and O–H groups in total. The maximum atomic E-state index is 12.6. The van der Waals surface area contributed by atoms with Crippen molar-refractivity contribution in [1.82, 2.24) is 4.90 Å². The number of rotatable bonds is 5. The van der Waals surface area contributed by atoms with E-state index in [2.05, 4.69) is 4.99 Å². The SMILES string of the molecule is CCN1C(=O)/C(=C/C=C/c2ccccc2)SC1=Nc1ccc(O)cc1C(=O)O. The van der Waals surface area contributed by atoms with Gasteiger partial charge in [0.15, 0.2) is 5.17 Å². The van der Waals surface area contributed by atoms with Crippen molar-refractivity contribution in [2.24, 2.45) is 4.99 Å². The van der Waals surface area contributed by atoms with E-state index in [1.165, 1.54) is 28.8 Å². The Morgan fingerprint density at radius 3 is 2.64 bits per heavy atom. The molecule has 6 nitrogen and oxygen atoms in total. The lowest BCUT2D eigenvalue weighted by atomic mass is 10.2. The number of likely N-dealkylation sites (N-methyl/N-ethyl adjacent to an activating group) is 1. The Kier molecular flexibility index (Phi) is 5.96. The number of hydrogen-bond donors (Lipinski definition) is 2. The summed E-state index contributed by atoms with van der Waals surface area (Å²) in [4.78, 5) is 30.4. The Labute approximate surface area is 166 Å². The smallest absolute Gasteiger partial charge is 0.338 e. The number of nitrogens with zero attached hydrogens (tertiary/aromatic N) is 2. The number of aromatic carboxylic acids is 1. The number of aromatic hydroxyl groups is 1. The van der Waals surface area contributed by atoms with Crippen LogP contribution in [0.25, 0.3) is 6.08 Å². The Bertz CT molecular complexity index is 997. The molecule has 2 aromatic carbocycles. The number of carboxylic acids is 1. The van der Waals surface area contributed by atoms with Crippen LogP contribution in [0.1, 0.15) is 22.8 Å². The number of aliphatic imine (C=N–C) groups is 1. The summed E-state index contributed by atoms with van der Waals surface area (Å²) in [5.41, 5.74) is 1.07. The van der Waals surface area contributed by atoms with Gasteiger partial charge in [0.05, 0.1) is 16.2 Å². The third kappa shape index (κ3) is 4.32. The van der Waals surface area contributed by atoms with Gasteiger partial charge in [0.1, 0.15) is 5.75 Å². The van der Waals surface area contributed by atoms with Crippen LogP contribution in [0.15, 0.2) is 70.6 Å². The Morgan fingerprint density at radius 1 is 1.21 bits per heavy atom. The summed E-state index contributed by atoms with van der Waals surface area (Å²) in [6, 6.07) is 13.6. The van der Waals surface area contributed by atoms with Gasteiger partial charge in [-0.15, -0.1) is 0 Å². The molecule has 7 heteroatoms. The van der Waals surface area contributed by atoms with Gasteiger partial charge >= 0.3 is 5.97 Å². The second-order valence-corrected chi connectivity index (χ2v) is 6.86. The van der Waals surface area contributed by atoms with E-state index >= 15 is 0 Å². The Morgan fingerprint density at radius 2 is 1.96 bits per heavy atom. The van der Waals surface area contributed by atoms with Gasteiger partial charge in [-0.1, -0.05) is 42.5 Å². The molecule has 28 heavy (non-hydrogen) atoms. The molecule has 3 rings (SSSR count). The summed E-state index contributed by atoms with van der Waals surface area (Å²) in [6.45, 7) is 2.23. The largest absolute Gasteiger partial charge is 0.508 e. The fraction of sp³-hybridized carbons (Fsp3) is 0.0952. The molecule has 0 spiro atoms. The van der Waals surface area contributed by atoms with Gasteiger partial charge in [-0.2, -0.15) is 0 Å². The summed E-state index contributed by atoms with van der Waals surface area (Å²) in [6.07, 6.45) is 5.42. The predicted octanol–water partition coefficient (Wildman–Crippen LogP) is 4.27. The summed E-state index contributed by atoms with van der Waals surface area (Å²) >= 11 is 1.19. The molecule has 1 saturated heterocycles. The van der Waals surface area contributed by atoms with E-state index < -0.39 is 5.97 Å². The number of thioether (sulfide) groups is 1. The Balaban J connectivity index is 1.90. The van der Waals surface area contributed by atoms with Gasteiger partial charge in [-0.25, -0.2) is 9.79 Å². The number of carboxylic acid groups (broad SMARTS) is 1. The lowest BCUT2D eigenvalue weighted by Crippen LogP contribution is -2.28. The van der Waals surface area contributed by atoms with Crippen LogP contribution in [0.4, 0.5) is 5.69 Å². The molecule has 0 aromatic heterocycles. The molecule has 0 atom stereocenters. The number of carbonyl (C=O) groups excluding carboxylic acids is 1. The Hall–Kier alpha value is -3.32. The molecule has 1 aliphatic heterocycles. The van der Waals surface area contributed by atoms with Crippen LogP contribution in [-0.2, 0) is 4.79 Å². The van der Waals surface area contributed by atoms with Crippen LogP contribution in [0.3, 0.4) is 0 Å². The van der Waals surface area contributed by atoms with E-state index in [0.29, 0.717) is 16.6 Å². The van der Waals surface area contributed by atoms with Gasteiger partial charge in [-0.05, 0) is 48.5 Å². The maximum Gasteiger partial charge on any atom is 0.338 e. The first-order valence-electron chi connectivity index (χ1n) is 8.57. The molecule has 0 saturated carbocycles. The van der Waals surface area contributed by atoms with E-state index in [9.17, 15) is 19.8 Å². The standard InChI is InChI=1S/C21H18N2O4S/c1-2-23-19(25)18(10-6-9-14-7-4-3-5-8-14)28-21(23)22-17-12-11-15(24)13-16(17)20(26)27/h3-13,24H,2H2,1H3,(H,26,27)/b9-6+,18-10-,22-21?. The van der Waals surface area contributed by atoms with Crippen molar-refractivity contribution in [2.75, 3.05) is 6.54 Å². The minimum absolute atomic E-state index is 0.127. The van der Waals surface area contributed by atoms with Crippen molar-refractivity contribution < 1.29 is 19.8 Å². The highest BCUT2D eigenvalue weighted by Crippen LogP contribution is 2.34. The zero-order valence-electron chi connectivity index (χ0n) is 15.1. The highest BCUT2D eigenvalue weighted by atomic mass is 32.2. The number of allylic oxidation sites excluding steroid dienone is 2. The van der Waals surface area contributed by atoms with Crippen LogP contribution < -0.4 is 0 Å². The van der Waals surface area contributed by atoms with Gasteiger partial charge in [-0.3, -0.25) is 9.69 Å². The highest BCUT2D eigenvalue weighted by molar-refractivity contribution is 8.18. The number of amidine groups is 1. The van der Waals surface area contributed by atoms with Crippen LogP contribution in [0.2, 0.25) is 0 Å². The number of carbonyl (C=O) groups is 2. The van der Waals surface area contributed by atoms with Crippen molar-refractivity contribution in [2.45, 2.75) is 6.92 Å². The van der Waals surface area contributed by atoms with E-state index in [1.807, 2.05) is 43.3 Å². The second kappa shape index (κ2) is 8.58. The molecule has 1 fully saturated rings. The molecule has 0 bridgehead atoms.